The molecule has 4 N–H and O–H groups in total. The highest BCUT2D eigenvalue weighted by molar-refractivity contribution is 6.47. The van der Waals surface area contributed by atoms with Crippen molar-refractivity contribution in [1.29, 1.82) is 0 Å². The zero-order chi connectivity index (χ0) is 24.8. The standard InChI is InChI=1S/C20H25BCl2N2O8/c1-11(2)7-15(21-32-6-5-20(33-21,19(30)31)9-17(27)28)25-16(26)10-24-18(29)13-8-12(22)3-4-14(13)23/h3-4,8,11,15H,5-7,9-10H2,1-2H3,(H,24,29)(H,25,26)(H,27,28)(H,30,31)/t15-,20-/m0/s1. The van der Waals surface area contributed by atoms with Crippen LogP contribution in [0.1, 0.15) is 43.5 Å². The minimum Gasteiger partial charge on any atom is -0.481 e. The van der Waals surface area contributed by atoms with Crippen LogP contribution >= 0.6 is 23.2 Å². The van der Waals surface area contributed by atoms with Gasteiger partial charge in [-0.05, 0) is 30.5 Å². The number of halogens is 2. The van der Waals surface area contributed by atoms with Gasteiger partial charge in [-0.15, -0.1) is 0 Å². The van der Waals surface area contributed by atoms with Crippen LogP contribution in [-0.4, -0.2) is 65.8 Å². The molecule has 13 heteroatoms. The first-order chi connectivity index (χ1) is 15.4. The van der Waals surface area contributed by atoms with E-state index in [0.29, 0.717) is 11.4 Å². The van der Waals surface area contributed by atoms with Gasteiger partial charge in [0.15, 0.2) is 5.60 Å². The molecule has 0 spiro atoms. The van der Waals surface area contributed by atoms with E-state index < -0.39 is 55.4 Å². The van der Waals surface area contributed by atoms with Crippen molar-refractivity contribution in [1.82, 2.24) is 10.6 Å². The van der Waals surface area contributed by atoms with Crippen LogP contribution in [0, 0.1) is 5.92 Å². The van der Waals surface area contributed by atoms with Crippen molar-refractivity contribution in [3.05, 3.63) is 33.8 Å². The molecule has 0 aliphatic carbocycles. The summed E-state index contributed by atoms with van der Waals surface area (Å²) in [5.41, 5.74) is -1.86. The molecule has 1 saturated heterocycles. The smallest absolute Gasteiger partial charge is 0.481 e. The maximum atomic E-state index is 12.5. The summed E-state index contributed by atoms with van der Waals surface area (Å²) in [5.74, 6) is -4.65. The zero-order valence-electron chi connectivity index (χ0n) is 18.1. The zero-order valence-corrected chi connectivity index (χ0v) is 19.6. The number of aliphatic carboxylic acids is 2. The first-order valence-electron chi connectivity index (χ1n) is 10.2. The summed E-state index contributed by atoms with van der Waals surface area (Å²) in [5, 5.41) is 24.3. The Morgan fingerprint density at radius 2 is 1.91 bits per heavy atom. The number of carbonyl (C=O) groups excluding carboxylic acids is 2. The van der Waals surface area contributed by atoms with E-state index in [1.54, 1.807) is 0 Å². The number of hydrogen-bond donors (Lipinski definition) is 4. The summed E-state index contributed by atoms with van der Waals surface area (Å²) in [6.45, 7) is 3.31. The maximum absolute atomic E-state index is 12.5. The highest BCUT2D eigenvalue weighted by Gasteiger charge is 2.50. The molecule has 2 amide bonds. The van der Waals surface area contributed by atoms with Gasteiger partial charge in [0.05, 0.1) is 29.5 Å². The van der Waals surface area contributed by atoms with E-state index in [2.05, 4.69) is 10.6 Å². The van der Waals surface area contributed by atoms with Crippen LogP contribution in [0.15, 0.2) is 18.2 Å². The predicted octanol–water partition coefficient (Wildman–Crippen LogP) is 2.02. The van der Waals surface area contributed by atoms with E-state index in [9.17, 15) is 24.3 Å². The Morgan fingerprint density at radius 3 is 2.52 bits per heavy atom. The fourth-order valence-corrected chi connectivity index (χ4v) is 3.77. The van der Waals surface area contributed by atoms with Gasteiger partial charge in [0.2, 0.25) is 5.91 Å². The molecule has 0 saturated carbocycles. The van der Waals surface area contributed by atoms with Crippen LogP contribution in [0.3, 0.4) is 0 Å². The minimum absolute atomic E-state index is 0.0568. The van der Waals surface area contributed by atoms with E-state index in [0.717, 1.165) is 0 Å². The molecule has 1 aliphatic rings. The number of amides is 2. The van der Waals surface area contributed by atoms with Crippen LogP contribution in [-0.2, 0) is 23.7 Å². The molecular weight excluding hydrogens is 478 g/mol. The lowest BCUT2D eigenvalue weighted by Gasteiger charge is -2.38. The first-order valence-corrected chi connectivity index (χ1v) is 11.0. The molecule has 1 heterocycles. The Balaban J connectivity index is 2.07. The van der Waals surface area contributed by atoms with E-state index >= 15 is 0 Å². The quantitative estimate of drug-likeness (QED) is 0.354. The van der Waals surface area contributed by atoms with Crippen LogP contribution in [0.25, 0.3) is 0 Å². The van der Waals surface area contributed by atoms with Crippen LogP contribution < -0.4 is 10.6 Å². The van der Waals surface area contributed by atoms with E-state index in [4.69, 9.17) is 37.6 Å². The van der Waals surface area contributed by atoms with Gasteiger partial charge in [0.25, 0.3) is 5.91 Å². The monoisotopic (exact) mass is 502 g/mol. The van der Waals surface area contributed by atoms with Crippen LogP contribution in [0.4, 0.5) is 0 Å². The number of benzene rings is 1. The summed E-state index contributed by atoms with van der Waals surface area (Å²) >= 11 is 11.9. The van der Waals surface area contributed by atoms with Gasteiger partial charge in [0.1, 0.15) is 0 Å². The summed E-state index contributed by atoms with van der Waals surface area (Å²) in [6, 6.07) is 4.35. The highest BCUT2D eigenvalue weighted by atomic mass is 35.5. The van der Waals surface area contributed by atoms with Crippen molar-refractivity contribution in [2.75, 3.05) is 13.2 Å². The van der Waals surface area contributed by atoms with Crippen LogP contribution in [0.2, 0.25) is 10.0 Å². The largest absolute Gasteiger partial charge is 0.481 e. The third-order valence-electron chi connectivity index (χ3n) is 4.94. The van der Waals surface area contributed by atoms with Crippen molar-refractivity contribution < 1.29 is 38.7 Å². The van der Waals surface area contributed by atoms with Crippen molar-refractivity contribution in [2.45, 2.75) is 44.7 Å². The van der Waals surface area contributed by atoms with Crippen LogP contribution in [0.5, 0.6) is 0 Å². The fourth-order valence-electron chi connectivity index (χ4n) is 3.39. The van der Waals surface area contributed by atoms with E-state index in [1.165, 1.54) is 18.2 Å². The molecule has 0 radical (unpaired) electrons. The minimum atomic E-state index is -1.97. The van der Waals surface area contributed by atoms with Crippen molar-refractivity contribution in [3.63, 3.8) is 0 Å². The van der Waals surface area contributed by atoms with Gasteiger partial charge < -0.3 is 30.2 Å². The van der Waals surface area contributed by atoms with Gasteiger partial charge in [-0.2, -0.15) is 0 Å². The second-order valence-electron chi connectivity index (χ2n) is 8.09. The number of carbonyl (C=O) groups is 4. The second kappa shape index (κ2) is 11.7. The number of rotatable bonds is 10. The lowest BCUT2D eigenvalue weighted by molar-refractivity contribution is -0.169. The predicted molar refractivity (Wildman–Crippen MR) is 120 cm³/mol. The van der Waals surface area contributed by atoms with Gasteiger partial charge in [-0.1, -0.05) is 37.0 Å². The summed E-state index contributed by atoms with van der Waals surface area (Å²) in [6.07, 6.45) is -0.543. The summed E-state index contributed by atoms with van der Waals surface area (Å²) in [7, 11) is -1.18. The molecule has 33 heavy (non-hydrogen) atoms. The molecule has 0 bridgehead atoms. The molecular formula is C20H25BCl2N2O8. The topological polar surface area (TPSA) is 151 Å². The highest BCUT2D eigenvalue weighted by Crippen LogP contribution is 2.29. The van der Waals surface area contributed by atoms with Crippen molar-refractivity contribution in [2.24, 2.45) is 5.92 Å². The molecule has 10 nitrogen and oxygen atoms in total. The van der Waals surface area contributed by atoms with Gasteiger partial charge in [0, 0.05) is 18.1 Å². The summed E-state index contributed by atoms with van der Waals surface area (Å²) in [4.78, 5) is 47.9. The molecule has 1 fully saturated rings. The Kier molecular flexibility index (Phi) is 9.53. The molecule has 1 aliphatic heterocycles. The normalized spacial score (nSPS) is 19.1. The molecule has 1 aromatic carbocycles. The molecule has 0 unspecified atom stereocenters. The third kappa shape index (κ3) is 7.60. The number of nitrogens with one attached hydrogen (secondary N) is 2. The van der Waals surface area contributed by atoms with Crippen molar-refractivity contribution in [3.8, 4) is 0 Å². The lowest BCUT2D eigenvalue weighted by Crippen LogP contribution is -2.60. The van der Waals surface area contributed by atoms with Gasteiger partial charge in [-0.25, -0.2) is 4.79 Å². The Labute approximate surface area is 201 Å². The number of carboxylic acids is 2. The lowest BCUT2D eigenvalue weighted by atomic mass is 9.71. The number of hydrogen-bond acceptors (Lipinski definition) is 6. The van der Waals surface area contributed by atoms with E-state index in [1.807, 2.05) is 13.8 Å². The average molecular weight is 503 g/mol. The Hall–Kier alpha value is -2.34. The molecule has 0 aromatic heterocycles. The SMILES string of the molecule is CC(C)C[C@H](NC(=O)CNC(=O)c1cc(Cl)ccc1Cl)B1OCC[C@](CC(=O)O)(C(=O)O)O1. The summed E-state index contributed by atoms with van der Waals surface area (Å²) < 4.78 is 11.1. The van der Waals surface area contributed by atoms with Crippen molar-refractivity contribution >= 4 is 54.1 Å². The second-order valence-corrected chi connectivity index (χ2v) is 8.93. The molecule has 1 aromatic rings. The molecule has 180 valence electrons. The van der Waals surface area contributed by atoms with Gasteiger partial charge in [-0.3, -0.25) is 14.4 Å². The fraction of sp³-hybridized carbons (Fsp3) is 0.500. The molecule has 2 atom stereocenters. The average Bonchev–Trinajstić information content (AvgIpc) is 2.72. The third-order valence-corrected chi connectivity index (χ3v) is 5.50. The van der Waals surface area contributed by atoms with Gasteiger partial charge >= 0.3 is 19.1 Å². The Morgan fingerprint density at radius 1 is 1.21 bits per heavy atom. The Bertz CT molecular complexity index is 916. The first kappa shape index (κ1) is 26.9. The maximum Gasteiger partial charge on any atom is 0.481 e. The number of carboxylic acid groups (broad SMARTS) is 2. The molecule has 2 rings (SSSR count). The van der Waals surface area contributed by atoms with E-state index in [-0.39, 0.29) is 29.5 Å².